The first kappa shape index (κ1) is 20.6. The average molecular weight is 390 g/mol. The lowest BCUT2D eigenvalue weighted by Gasteiger charge is -2.15. The van der Waals surface area contributed by atoms with E-state index in [4.69, 9.17) is 5.14 Å². The number of primary sulfonamides is 1. The van der Waals surface area contributed by atoms with E-state index < -0.39 is 27.8 Å². The molecule has 0 aliphatic carbocycles. The highest BCUT2D eigenvalue weighted by Crippen LogP contribution is 2.20. The molecular weight excluding hydrogens is 368 g/mol. The third kappa shape index (κ3) is 5.38. The van der Waals surface area contributed by atoms with Crippen molar-refractivity contribution in [3.8, 4) is 0 Å². The van der Waals surface area contributed by atoms with Crippen LogP contribution < -0.4 is 10.5 Å². The lowest BCUT2D eigenvalue weighted by molar-refractivity contribution is -0.141. The molecule has 4 N–H and O–H groups in total. The van der Waals surface area contributed by atoms with Gasteiger partial charge in [0.1, 0.15) is 0 Å². The minimum Gasteiger partial charge on any atom is -0.481 e. The zero-order valence-corrected chi connectivity index (χ0v) is 15.9. The molecule has 0 heterocycles. The number of sulfonamides is 1. The van der Waals surface area contributed by atoms with Crippen molar-refractivity contribution in [2.75, 3.05) is 6.54 Å². The van der Waals surface area contributed by atoms with E-state index in [1.165, 1.54) is 6.07 Å². The van der Waals surface area contributed by atoms with Gasteiger partial charge in [-0.1, -0.05) is 30.3 Å². The minimum absolute atomic E-state index is 0.0826. The molecule has 2 aromatic rings. The van der Waals surface area contributed by atoms with Crippen molar-refractivity contribution in [3.63, 3.8) is 0 Å². The van der Waals surface area contributed by atoms with E-state index in [0.717, 1.165) is 5.56 Å². The molecule has 0 aromatic heterocycles. The van der Waals surface area contributed by atoms with E-state index in [-0.39, 0.29) is 23.4 Å². The van der Waals surface area contributed by atoms with Crippen molar-refractivity contribution in [1.29, 1.82) is 0 Å². The largest absolute Gasteiger partial charge is 0.481 e. The summed E-state index contributed by atoms with van der Waals surface area (Å²) >= 11 is 0. The quantitative estimate of drug-likeness (QED) is 0.662. The summed E-state index contributed by atoms with van der Waals surface area (Å²) in [7, 11) is -3.97. The molecule has 1 amide bonds. The Morgan fingerprint density at radius 1 is 1.15 bits per heavy atom. The molecule has 0 aliphatic heterocycles. The first-order valence-corrected chi connectivity index (χ1v) is 9.83. The normalized spacial score (nSPS) is 12.4. The van der Waals surface area contributed by atoms with E-state index in [1.54, 1.807) is 19.9 Å². The van der Waals surface area contributed by atoms with Crippen LogP contribution in [0, 0.1) is 19.8 Å². The highest BCUT2D eigenvalue weighted by atomic mass is 32.2. The molecule has 0 saturated carbocycles. The molecule has 0 saturated heterocycles. The Bertz CT molecular complexity index is 956. The fourth-order valence-electron chi connectivity index (χ4n) is 2.72. The van der Waals surface area contributed by atoms with E-state index in [9.17, 15) is 23.1 Å². The summed E-state index contributed by atoms with van der Waals surface area (Å²) in [6, 6.07) is 11.9. The summed E-state index contributed by atoms with van der Waals surface area (Å²) in [5.41, 5.74) is 2.04. The number of rotatable bonds is 7. The van der Waals surface area contributed by atoms with Crippen LogP contribution in [0.3, 0.4) is 0 Å². The van der Waals surface area contributed by atoms with Crippen LogP contribution in [0.1, 0.15) is 27.0 Å². The van der Waals surface area contributed by atoms with Gasteiger partial charge in [0.05, 0.1) is 10.8 Å². The van der Waals surface area contributed by atoms with E-state index in [1.807, 2.05) is 30.3 Å². The van der Waals surface area contributed by atoms with Gasteiger partial charge in [0.2, 0.25) is 10.0 Å². The monoisotopic (exact) mass is 390 g/mol. The maximum atomic E-state index is 12.4. The molecular formula is C19H22N2O5S. The van der Waals surface area contributed by atoms with Gasteiger partial charge in [-0.05, 0) is 49.1 Å². The van der Waals surface area contributed by atoms with Crippen LogP contribution in [-0.4, -0.2) is 31.9 Å². The summed E-state index contributed by atoms with van der Waals surface area (Å²) in [4.78, 5) is 23.8. The minimum atomic E-state index is -3.97. The number of hydrogen-bond donors (Lipinski definition) is 3. The average Bonchev–Trinajstić information content (AvgIpc) is 2.60. The van der Waals surface area contributed by atoms with Crippen molar-refractivity contribution in [2.45, 2.75) is 25.2 Å². The second-order valence-electron chi connectivity index (χ2n) is 6.40. The molecule has 2 rings (SSSR count). The van der Waals surface area contributed by atoms with Crippen LogP contribution in [0.15, 0.2) is 47.4 Å². The third-order valence-corrected chi connectivity index (χ3v) is 5.41. The molecule has 1 atom stereocenters. The number of aryl methyl sites for hydroxylation is 1. The lowest BCUT2D eigenvalue weighted by Crippen LogP contribution is -2.34. The van der Waals surface area contributed by atoms with Crippen molar-refractivity contribution in [1.82, 2.24) is 5.32 Å². The molecule has 27 heavy (non-hydrogen) atoms. The topological polar surface area (TPSA) is 127 Å². The fraction of sp³-hybridized carbons (Fsp3) is 0.263. The van der Waals surface area contributed by atoms with Gasteiger partial charge in [-0.15, -0.1) is 0 Å². The number of nitrogens with two attached hydrogens (primary N) is 1. The van der Waals surface area contributed by atoms with Crippen LogP contribution in [0.25, 0.3) is 0 Å². The number of carboxylic acid groups (broad SMARTS) is 1. The van der Waals surface area contributed by atoms with Crippen molar-refractivity contribution >= 4 is 21.9 Å². The second kappa shape index (κ2) is 8.32. The number of aliphatic carboxylic acids is 1. The maximum absolute atomic E-state index is 12.4. The molecule has 0 radical (unpaired) electrons. The molecule has 0 fully saturated rings. The molecule has 0 spiro atoms. The molecule has 0 bridgehead atoms. The summed E-state index contributed by atoms with van der Waals surface area (Å²) in [6.45, 7) is 3.20. The van der Waals surface area contributed by atoms with Crippen LogP contribution in [0.2, 0.25) is 0 Å². The lowest BCUT2D eigenvalue weighted by atomic mass is 9.99. The molecule has 144 valence electrons. The first-order valence-electron chi connectivity index (χ1n) is 8.28. The number of hydrogen-bond acceptors (Lipinski definition) is 4. The summed E-state index contributed by atoms with van der Waals surface area (Å²) < 4.78 is 23.4. The summed E-state index contributed by atoms with van der Waals surface area (Å²) in [5.74, 6) is -2.38. The number of amides is 1. The van der Waals surface area contributed by atoms with Crippen LogP contribution in [0.5, 0.6) is 0 Å². The van der Waals surface area contributed by atoms with Crippen molar-refractivity contribution < 1.29 is 23.1 Å². The van der Waals surface area contributed by atoms with Crippen LogP contribution in [0.4, 0.5) is 0 Å². The molecule has 7 nitrogen and oxygen atoms in total. The van der Waals surface area contributed by atoms with E-state index in [2.05, 4.69) is 5.32 Å². The third-order valence-electron chi connectivity index (χ3n) is 4.37. The Balaban J connectivity index is 2.16. The maximum Gasteiger partial charge on any atom is 0.308 e. The number of carboxylic acids is 1. The first-order chi connectivity index (χ1) is 12.6. The predicted molar refractivity (Wildman–Crippen MR) is 101 cm³/mol. The molecule has 2 aromatic carbocycles. The number of carbonyl (C=O) groups is 2. The van der Waals surface area contributed by atoms with Gasteiger partial charge < -0.3 is 10.4 Å². The van der Waals surface area contributed by atoms with Crippen molar-refractivity contribution in [2.24, 2.45) is 11.1 Å². The standard InChI is InChI=1S/C19H22N2O5S/c1-12-8-15(10-17(13(12)2)27(20,25)26)18(22)21-11-16(19(23)24)9-14-6-4-3-5-7-14/h3-8,10,16H,9,11H2,1-2H3,(H,21,22)(H,23,24)(H2,20,25,26). The van der Waals surface area contributed by atoms with Crippen LogP contribution >= 0.6 is 0 Å². The molecule has 1 unspecified atom stereocenters. The Labute approximate surface area is 158 Å². The Hall–Kier alpha value is -2.71. The highest BCUT2D eigenvalue weighted by molar-refractivity contribution is 7.89. The predicted octanol–water partition coefficient (Wildman–Crippen LogP) is 1.62. The number of nitrogens with one attached hydrogen (secondary N) is 1. The van der Waals surface area contributed by atoms with Gasteiger partial charge >= 0.3 is 5.97 Å². The van der Waals surface area contributed by atoms with Gasteiger partial charge in [-0.3, -0.25) is 9.59 Å². The number of benzene rings is 2. The SMILES string of the molecule is Cc1cc(C(=O)NCC(Cc2ccccc2)C(=O)O)cc(S(N)(=O)=O)c1C. The fourth-order valence-corrected chi connectivity index (χ4v) is 3.60. The number of carbonyl (C=O) groups excluding carboxylic acids is 1. The Morgan fingerprint density at radius 2 is 1.78 bits per heavy atom. The van der Waals surface area contributed by atoms with Gasteiger partial charge in [-0.2, -0.15) is 0 Å². The van der Waals surface area contributed by atoms with Gasteiger partial charge in [-0.25, -0.2) is 13.6 Å². The van der Waals surface area contributed by atoms with Crippen LogP contribution in [-0.2, 0) is 21.2 Å². The van der Waals surface area contributed by atoms with E-state index in [0.29, 0.717) is 11.1 Å². The van der Waals surface area contributed by atoms with Gasteiger partial charge in [0.25, 0.3) is 5.91 Å². The van der Waals surface area contributed by atoms with Gasteiger partial charge in [0, 0.05) is 12.1 Å². The Kier molecular flexibility index (Phi) is 6.35. The second-order valence-corrected chi connectivity index (χ2v) is 7.93. The zero-order valence-electron chi connectivity index (χ0n) is 15.1. The smallest absolute Gasteiger partial charge is 0.308 e. The summed E-state index contributed by atoms with van der Waals surface area (Å²) in [6.07, 6.45) is 0.270. The molecule has 8 heteroatoms. The molecule has 0 aliphatic rings. The van der Waals surface area contributed by atoms with Gasteiger partial charge in [0.15, 0.2) is 0 Å². The van der Waals surface area contributed by atoms with E-state index >= 15 is 0 Å². The zero-order chi connectivity index (χ0) is 20.2. The highest BCUT2D eigenvalue weighted by Gasteiger charge is 2.21. The van der Waals surface area contributed by atoms with Crippen molar-refractivity contribution in [3.05, 3.63) is 64.7 Å². The summed E-state index contributed by atoms with van der Waals surface area (Å²) in [5, 5.41) is 17.2. The Morgan fingerprint density at radius 3 is 2.33 bits per heavy atom.